The van der Waals surface area contributed by atoms with Crippen molar-refractivity contribution in [2.24, 2.45) is 5.92 Å². The first-order valence-electron chi connectivity index (χ1n) is 8.78. The van der Waals surface area contributed by atoms with Crippen molar-refractivity contribution in [1.29, 1.82) is 0 Å². The Labute approximate surface area is 124 Å². The number of hydrogen-bond acceptors (Lipinski definition) is 2. The predicted molar refractivity (Wildman–Crippen MR) is 83.7 cm³/mol. The van der Waals surface area contributed by atoms with Gasteiger partial charge in [0.15, 0.2) is 0 Å². The Morgan fingerprint density at radius 2 is 1.50 bits per heavy atom. The zero-order valence-electron chi connectivity index (χ0n) is 13.1. The highest BCUT2D eigenvalue weighted by molar-refractivity contribution is 5.78. The van der Waals surface area contributed by atoms with Gasteiger partial charge in [0.25, 0.3) is 0 Å². The maximum absolute atomic E-state index is 12.0. The highest BCUT2D eigenvalue weighted by Gasteiger charge is 2.21. The molecule has 1 amide bonds. The van der Waals surface area contributed by atoms with Gasteiger partial charge in [0.1, 0.15) is 0 Å². The zero-order chi connectivity index (χ0) is 14.2. The van der Waals surface area contributed by atoms with E-state index in [0.29, 0.717) is 18.6 Å². The van der Waals surface area contributed by atoms with Crippen molar-refractivity contribution < 1.29 is 4.79 Å². The number of rotatable bonds is 5. The standard InChI is InChI=1S/C17H32N2O/c1-14(15-9-5-4-6-10-15)18-13-17(20)19-16-11-7-2-3-8-12-16/h14-16,18H,2-13H2,1H3,(H,19,20)/t14-/m1/s1. The van der Waals surface area contributed by atoms with Crippen LogP contribution >= 0.6 is 0 Å². The molecule has 0 aromatic heterocycles. The van der Waals surface area contributed by atoms with Gasteiger partial charge in [-0.25, -0.2) is 0 Å². The van der Waals surface area contributed by atoms with Crippen molar-refractivity contribution in [2.45, 2.75) is 89.6 Å². The lowest BCUT2D eigenvalue weighted by Crippen LogP contribution is -2.44. The fourth-order valence-electron chi connectivity index (χ4n) is 3.76. The molecule has 2 N–H and O–H groups in total. The predicted octanol–water partition coefficient (Wildman–Crippen LogP) is 3.38. The third-order valence-corrected chi connectivity index (χ3v) is 5.16. The number of carbonyl (C=O) groups is 1. The monoisotopic (exact) mass is 280 g/mol. The fraction of sp³-hybridized carbons (Fsp3) is 0.941. The maximum atomic E-state index is 12.0. The summed E-state index contributed by atoms with van der Waals surface area (Å²) in [7, 11) is 0. The minimum absolute atomic E-state index is 0.194. The van der Waals surface area contributed by atoms with Crippen molar-refractivity contribution in [2.75, 3.05) is 6.54 Å². The van der Waals surface area contributed by atoms with Crippen LogP contribution in [0.15, 0.2) is 0 Å². The first-order valence-corrected chi connectivity index (χ1v) is 8.78. The molecule has 0 unspecified atom stereocenters. The van der Waals surface area contributed by atoms with Crippen LogP contribution in [0.5, 0.6) is 0 Å². The van der Waals surface area contributed by atoms with Gasteiger partial charge in [-0.15, -0.1) is 0 Å². The Morgan fingerprint density at radius 3 is 2.15 bits per heavy atom. The summed E-state index contributed by atoms with van der Waals surface area (Å²) >= 11 is 0. The molecule has 0 saturated heterocycles. The second-order valence-corrected chi connectivity index (χ2v) is 6.82. The molecule has 2 aliphatic rings. The van der Waals surface area contributed by atoms with Crippen LogP contribution in [0.4, 0.5) is 0 Å². The molecule has 116 valence electrons. The van der Waals surface area contributed by atoms with Crippen molar-refractivity contribution >= 4 is 5.91 Å². The smallest absolute Gasteiger partial charge is 0.234 e. The summed E-state index contributed by atoms with van der Waals surface area (Å²) in [6.07, 6.45) is 14.4. The van der Waals surface area contributed by atoms with E-state index in [1.807, 2.05) is 0 Å². The number of carbonyl (C=O) groups excluding carboxylic acids is 1. The Hall–Kier alpha value is -0.570. The molecule has 0 spiro atoms. The lowest BCUT2D eigenvalue weighted by atomic mass is 9.84. The third-order valence-electron chi connectivity index (χ3n) is 5.16. The quantitative estimate of drug-likeness (QED) is 0.758. The summed E-state index contributed by atoms with van der Waals surface area (Å²) in [5.41, 5.74) is 0. The molecular formula is C17H32N2O. The molecule has 2 aliphatic carbocycles. The highest BCUT2D eigenvalue weighted by Crippen LogP contribution is 2.26. The van der Waals surface area contributed by atoms with E-state index in [0.717, 1.165) is 5.92 Å². The van der Waals surface area contributed by atoms with Crippen molar-refractivity contribution in [1.82, 2.24) is 10.6 Å². The normalized spacial score (nSPS) is 24.1. The Balaban J connectivity index is 1.63. The van der Waals surface area contributed by atoms with E-state index in [2.05, 4.69) is 17.6 Å². The minimum Gasteiger partial charge on any atom is -0.352 e. The molecule has 0 bridgehead atoms. The lowest BCUT2D eigenvalue weighted by molar-refractivity contribution is -0.121. The molecule has 0 aromatic rings. The fourth-order valence-corrected chi connectivity index (χ4v) is 3.76. The van der Waals surface area contributed by atoms with Gasteiger partial charge < -0.3 is 10.6 Å². The minimum atomic E-state index is 0.194. The van der Waals surface area contributed by atoms with Gasteiger partial charge in [-0.3, -0.25) is 4.79 Å². The van der Waals surface area contributed by atoms with E-state index in [-0.39, 0.29) is 5.91 Å². The third kappa shape index (κ3) is 5.43. The zero-order valence-corrected chi connectivity index (χ0v) is 13.1. The van der Waals surface area contributed by atoms with Gasteiger partial charge in [-0.2, -0.15) is 0 Å². The summed E-state index contributed by atoms with van der Waals surface area (Å²) in [5.74, 6) is 0.967. The Bertz CT molecular complexity index is 279. The largest absolute Gasteiger partial charge is 0.352 e. The summed E-state index contributed by atoms with van der Waals surface area (Å²) in [4.78, 5) is 12.0. The molecule has 0 radical (unpaired) electrons. The molecule has 0 aliphatic heterocycles. The van der Waals surface area contributed by atoms with Crippen LogP contribution in [-0.4, -0.2) is 24.5 Å². The van der Waals surface area contributed by atoms with Crippen molar-refractivity contribution in [3.63, 3.8) is 0 Å². The average Bonchev–Trinajstić information content (AvgIpc) is 2.74. The molecule has 0 aromatic carbocycles. The van der Waals surface area contributed by atoms with Crippen LogP contribution in [-0.2, 0) is 4.79 Å². The SMILES string of the molecule is C[C@@H](NCC(=O)NC1CCCCCC1)C1CCCCC1. The van der Waals surface area contributed by atoms with Gasteiger partial charge in [0.2, 0.25) is 5.91 Å². The second kappa shape index (κ2) is 8.66. The second-order valence-electron chi connectivity index (χ2n) is 6.82. The first-order chi connectivity index (χ1) is 9.75. The number of nitrogens with one attached hydrogen (secondary N) is 2. The summed E-state index contributed by atoms with van der Waals surface area (Å²) in [5, 5.41) is 6.66. The summed E-state index contributed by atoms with van der Waals surface area (Å²) < 4.78 is 0. The van der Waals surface area contributed by atoms with E-state index in [1.54, 1.807) is 0 Å². The molecule has 3 heteroatoms. The molecule has 2 saturated carbocycles. The molecule has 2 fully saturated rings. The highest BCUT2D eigenvalue weighted by atomic mass is 16.1. The van der Waals surface area contributed by atoms with Crippen molar-refractivity contribution in [3.8, 4) is 0 Å². The van der Waals surface area contributed by atoms with E-state index >= 15 is 0 Å². The Kier molecular flexibility index (Phi) is 6.85. The van der Waals surface area contributed by atoms with Gasteiger partial charge in [-0.05, 0) is 38.5 Å². The Morgan fingerprint density at radius 1 is 0.950 bits per heavy atom. The van der Waals surface area contributed by atoms with Gasteiger partial charge in [-0.1, -0.05) is 44.9 Å². The van der Waals surface area contributed by atoms with Crippen LogP contribution in [0.3, 0.4) is 0 Å². The molecular weight excluding hydrogens is 248 g/mol. The summed E-state index contributed by atoms with van der Waals surface area (Å²) in [6, 6.07) is 0.909. The maximum Gasteiger partial charge on any atom is 0.234 e. The topological polar surface area (TPSA) is 41.1 Å². The van der Waals surface area contributed by atoms with Gasteiger partial charge >= 0.3 is 0 Å². The molecule has 2 rings (SSSR count). The van der Waals surface area contributed by atoms with E-state index in [1.165, 1.54) is 70.6 Å². The first kappa shape index (κ1) is 15.8. The van der Waals surface area contributed by atoms with Crippen LogP contribution in [0.2, 0.25) is 0 Å². The number of amides is 1. The van der Waals surface area contributed by atoms with Crippen LogP contribution < -0.4 is 10.6 Å². The molecule has 3 nitrogen and oxygen atoms in total. The average molecular weight is 280 g/mol. The summed E-state index contributed by atoms with van der Waals surface area (Å²) in [6.45, 7) is 2.74. The molecule has 20 heavy (non-hydrogen) atoms. The molecule has 1 atom stereocenters. The van der Waals surface area contributed by atoms with E-state index in [4.69, 9.17) is 0 Å². The van der Waals surface area contributed by atoms with Gasteiger partial charge in [0, 0.05) is 12.1 Å². The number of hydrogen-bond donors (Lipinski definition) is 2. The van der Waals surface area contributed by atoms with Crippen LogP contribution in [0.1, 0.15) is 77.6 Å². The van der Waals surface area contributed by atoms with E-state index < -0.39 is 0 Å². The van der Waals surface area contributed by atoms with Crippen LogP contribution in [0.25, 0.3) is 0 Å². The van der Waals surface area contributed by atoms with E-state index in [9.17, 15) is 4.79 Å². The van der Waals surface area contributed by atoms with Crippen LogP contribution in [0, 0.1) is 5.92 Å². The van der Waals surface area contributed by atoms with Gasteiger partial charge in [0.05, 0.1) is 6.54 Å². The lowest BCUT2D eigenvalue weighted by Gasteiger charge is -2.28. The molecule has 0 heterocycles. The van der Waals surface area contributed by atoms with Crippen molar-refractivity contribution in [3.05, 3.63) is 0 Å².